The summed E-state index contributed by atoms with van der Waals surface area (Å²) in [6.07, 6.45) is -0.292. The summed E-state index contributed by atoms with van der Waals surface area (Å²) in [6, 6.07) is 9.32. The van der Waals surface area contributed by atoms with Crippen molar-refractivity contribution >= 4 is 12.1 Å². The fourth-order valence-electron chi connectivity index (χ4n) is 3.23. The van der Waals surface area contributed by atoms with E-state index in [2.05, 4.69) is 0 Å². The second-order valence-electron chi connectivity index (χ2n) is 7.97. The predicted molar refractivity (Wildman–Crippen MR) is 97.7 cm³/mol. The molecule has 26 heavy (non-hydrogen) atoms. The van der Waals surface area contributed by atoms with Gasteiger partial charge in [0.25, 0.3) is 0 Å². The van der Waals surface area contributed by atoms with Gasteiger partial charge in [-0.05, 0) is 40.2 Å². The molecule has 0 aromatic heterocycles. The number of nitrogens with zero attached hydrogens (tertiary/aromatic N) is 1. The standard InChI is InChI=1S/C20H29NO5/c1-19(2,3)26-18(23)21-16(13-25-20(21,4)5)15(12-17(22)24-6)14-10-8-7-9-11-14/h7-11,15-16H,12-13H2,1-6H3/t15-,16+/m1/s1. The molecule has 6 nitrogen and oxygen atoms in total. The maximum Gasteiger partial charge on any atom is 0.412 e. The number of methoxy groups -OCH3 is 1. The third-order valence-corrected chi connectivity index (χ3v) is 4.42. The number of hydrogen-bond acceptors (Lipinski definition) is 5. The number of hydrogen-bond donors (Lipinski definition) is 0. The largest absolute Gasteiger partial charge is 0.469 e. The molecule has 0 radical (unpaired) electrons. The summed E-state index contributed by atoms with van der Waals surface area (Å²) in [6.45, 7) is 9.46. The molecule has 0 aliphatic carbocycles. The Hall–Kier alpha value is -2.08. The van der Waals surface area contributed by atoms with Crippen molar-refractivity contribution in [2.75, 3.05) is 13.7 Å². The Bertz CT molecular complexity index is 635. The number of rotatable bonds is 4. The van der Waals surface area contributed by atoms with Crippen LogP contribution in [-0.2, 0) is 19.0 Å². The lowest BCUT2D eigenvalue weighted by Crippen LogP contribution is -2.51. The average molecular weight is 363 g/mol. The molecule has 0 spiro atoms. The van der Waals surface area contributed by atoms with Crippen LogP contribution >= 0.6 is 0 Å². The molecule has 144 valence electrons. The van der Waals surface area contributed by atoms with E-state index in [0.29, 0.717) is 6.61 Å². The highest BCUT2D eigenvalue weighted by molar-refractivity contribution is 5.72. The number of amides is 1. The van der Waals surface area contributed by atoms with Crippen LogP contribution in [0.5, 0.6) is 0 Å². The zero-order valence-electron chi connectivity index (χ0n) is 16.4. The Balaban J connectivity index is 2.38. The summed E-state index contributed by atoms with van der Waals surface area (Å²) < 4.78 is 16.4. The number of carbonyl (C=O) groups is 2. The molecule has 1 aromatic rings. The predicted octanol–water partition coefficient (Wildman–Crippen LogP) is 3.71. The minimum atomic E-state index is -0.823. The van der Waals surface area contributed by atoms with Crippen molar-refractivity contribution in [3.63, 3.8) is 0 Å². The van der Waals surface area contributed by atoms with Crippen LogP contribution < -0.4 is 0 Å². The Kier molecular flexibility index (Phi) is 5.96. The molecule has 6 heteroatoms. The van der Waals surface area contributed by atoms with E-state index in [4.69, 9.17) is 14.2 Å². The van der Waals surface area contributed by atoms with Crippen LogP contribution in [0.1, 0.15) is 52.5 Å². The summed E-state index contributed by atoms with van der Waals surface area (Å²) in [5.41, 5.74) is -0.487. The first-order valence-electron chi connectivity index (χ1n) is 8.83. The molecule has 0 N–H and O–H groups in total. The fraction of sp³-hybridized carbons (Fsp3) is 0.600. The second kappa shape index (κ2) is 7.66. The molecule has 0 saturated carbocycles. The van der Waals surface area contributed by atoms with Crippen LogP contribution in [-0.4, -0.2) is 48.0 Å². The highest BCUT2D eigenvalue weighted by Gasteiger charge is 2.49. The zero-order valence-corrected chi connectivity index (χ0v) is 16.4. The van der Waals surface area contributed by atoms with E-state index in [9.17, 15) is 9.59 Å². The van der Waals surface area contributed by atoms with Crippen LogP contribution in [0.4, 0.5) is 4.79 Å². The number of carbonyl (C=O) groups excluding carboxylic acids is 2. The summed E-state index contributed by atoms with van der Waals surface area (Å²) in [4.78, 5) is 26.5. The van der Waals surface area contributed by atoms with E-state index < -0.39 is 17.4 Å². The van der Waals surface area contributed by atoms with Gasteiger partial charge in [0.05, 0.1) is 26.2 Å². The lowest BCUT2D eigenvalue weighted by Gasteiger charge is -2.37. The number of ether oxygens (including phenoxy) is 3. The van der Waals surface area contributed by atoms with E-state index in [1.807, 2.05) is 65.0 Å². The van der Waals surface area contributed by atoms with Gasteiger partial charge in [-0.1, -0.05) is 30.3 Å². The van der Waals surface area contributed by atoms with Gasteiger partial charge < -0.3 is 14.2 Å². The second-order valence-corrected chi connectivity index (χ2v) is 7.97. The van der Waals surface area contributed by atoms with Gasteiger partial charge in [-0.25, -0.2) is 4.79 Å². The van der Waals surface area contributed by atoms with Crippen LogP contribution in [0.25, 0.3) is 0 Å². The van der Waals surface area contributed by atoms with Crippen LogP contribution in [0.15, 0.2) is 30.3 Å². The normalized spacial score (nSPS) is 20.5. The third kappa shape index (κ3) is 4.75. The maximum atomic E-state index is 12.9. The molecule has 1 aliphatic heterocycles. The van der Waals surface area contributed by atoms with Crippen molar-refractivity contribution in [2.45, 2.75) is 64.3 Å². The molecule has 0 unspecified atom stereocenters. The van der Waals surface area contributed by atoms with Gasteiger partial charge in [0, 0.05) is 5.92 Å². The summed E-state index contributed by atoms with van der Waals surface area (Å²) >= 11 is 0. The van der Waals surface area contributed by atoms with E-state index >= 15 is 0 Å². The summed E-state index contributed by atoms with van der Waals surface area (Å²) in [5.74, 6) is -0.578. The third-order valence-electron chi connectivity index (χ3n) is 4.42. The molecule has 1 amide bonds. The average Bonchev–Trinajstić information content (AvgIpc) is 2.86. The van der Waals surface area contributed by atoms with Crippen molar-refractivity contribution in [3.05, 3.63) is 35.9 Å². The molecule has 0 bridgehead atoms. The monoisotopic (exact) mass is 363 g/mol. The van der Waals surface area contributed by atoms with E-state index in [-0.39, 0.29) is 24.3 Å². The van der Waals surface area contributed by atoms with Crippen LogP contribution in [0, 0.1) is 0 Å². The lowest BCUT2D eigenvalue weighted by atomic mass is 9.88. The Morgan fingerprint density at radius 3 is 2.42 bits per heavy atom. The van der Waals surface area contributed by atoms with Gasteiger partial charge in [-0.15, -0.1) is 0 Å². The first kappa shape index (κ1) is 20.2. The van der Waals surface area contributed by atoms with Gasteiger partial charge >= 0.3 is 12.1 Å². The topological polar surface area (TPSA) is 65.1 Å². The van der Waals surface area contributed by atoms with Gasteiger partial charge in [-0.3, -0.25) is 9.69 Å². The molecule has 1 heterocycles. The smallest absolute Gasteiger partial charge is 0.412 e. The quantitative estimate of drug-likeness (QED) is 0.763. The number of esters is 1. The van der Waals surface area contributed by atoms with Crippen molar-refractivity contribution < 1.29 is 23.8 Å². The van der Waals surface area contributed by atoms with Crippen molar-refractivity contribution in [2.24, 2.45) is 0 Å². The maximum absolute atomic E-state index is 12.9. The molecule has 1 aliphatic rings. The minimum Gasteiger partial charge on any atom is -0.469 e. The van der Waals surface area contributed by atoms with Crippen LogP contribution in [0.3, 0.4) is 0 Å². The van der Waals surface area contributed by atoms with Crippen molar-refractivity contribution in [1.29, 1.82) is 0 Å². The summed E-state index contributed by atoms with van der Waals surface area (Å²) in [7, 11) is 1.37. The highest BCUT2D eigenvalue weighted by atomic mass is 16.6. The van der Waals surface area contributed by atoms with Gasteiger partial charge in [-0.2, -0.15) is 0 Å². The highest BCUT2D eigenvalue weighted by Crippen LogP contribution is 2.38. The van der Waals surface area contributed by atoms with Gasteiger partial charge in [0.2, 0.25) is 0 Å². The molecule has 2 rings (SSSR count). The van der Waals surface area contributed by atoms with Crippen molar-refractivity contribution in [1.82, 2.24) is 4.90 Å². The zero-order chi connectivity index (χ0) is 19.5. The van der Waals surface area contributed by atoms with E-state index in [1.165, 1.54) is 7.11 Å². The Morgan fingerprint density at radius 1 is 1.27 bits per heavy atom. The Morgan fingerprint density at radius 2 is 1.88 bits per heavy atom. The van der Waals surface area contributed by atoms with Crippen molar-refractivity contribution in [3.8, 4) is 0 Å². The number of benzene rings is 1. The molecule has 1 saturated heterocycles. The molecular formula is C20H29NO5. The first-order valence-corrected chi connectivity index (χ1v) is 8.83. The Labute approximate surface area is 155 Å². The van der Waals surface area contributed by atoms with Gasteiger partial charge in [0.15, 0.2) is 0 Å². The molecular weight excluding hydrogens is 334 g/mol. The van der Waals surface area contributed by atoms with E-state index in [0.717, 1.165) is 5.56 Å². The van der Waals surface area contributed by atoms with E-state index in [1.54, 1.807) is 4.90 Å². The lowest BCUT2D eigenvalue weighted by molar-refractivity contribution is -0.141. The molecule has 2 atom stereocenters. The molecule has 1 aromatic carbocycles. The van der Waals surface area contributed by atoms with Gasteiger partial charge in [0.1, 0.15) is 11.3 Å². The SMILES string of the molecule is COC(=O)C[C@H](c1ccccc1)[C@@H]1COC(C)(C)N1C(=O)OC(C)(C)C. The minimum absolute atomic E-state index is 0.157. The first-order chi connectivity index (χ1) is 12.0. The molecule has 1 fully saturated rings. The fourth-order valence-corrected chi connectivity index (χ4v) is 3.23. The summed E-state index contributed by atoms with van der Waals surface area (Å²) in [5, 5.41) is 0. The van der Waals surface area contributed by atoms with Crippen LogP contribution in [0.2, 0.25) is 0 Å².